The van der Waals surface area contributed by atoms with Crippen molar-refractivity contribution in [3.05, 3.63) is 95.7 Å². The highest BCUT2D eigenvalue weighted by Crippen LogP contribution is 2.34. The van der Waals surface area contributed by atoms with Crippen LogP contribution in [0.15, 0.2) is 90.2 Å². The first-order valence-electron chi connectivity index (χ1n) is 13.8. The Morgan fingerprint density at radius 1 is 1.26 bits per heavy atom. The molecule has 1 saturated heterocycles. The second-order valence-electron chi connectivity index (χ2n) is 12.0. The third kappa shape index (κ3) is 11.1. The van der Waals surface area contributed by atoms with E-state index in [0.29, 0.717) is 23.5 Å². The van der Waals surface area contributed by atoms with Crippen LogP contribution in [0, 0.1) is 35.5 Å². The summed E-state index contributed by atoms with van der Waals surface area (Å²) in [6, 6.07) is 8.48. The predicted octanol–water partition coefficient (Wildman–Crippen LogP) is 9.46. The molecule has 4 heteroatoms. The maximum Gasteiger partial charge on any atom is 0.122 e. The molecular formula is C35H46ClFN2. The molecule has 3 rings (SSSR count). The quantitative estimate of drug-likeness (QED) is 0.192. The molecule has 1 aliphatic carbocycles. The number of nitrogens with one attached hydrogen (secondary N) is 2. The van der Waals surface area contributed by atoms with Gasteiger partial charge in [0.25, 0.3) is 0 Å². The van der Waals surface area contributed by atoms with Gasteiger partial charge in [0.1, 0.15) is 11.3 Å². The summed E-state index contributed by atoms with van der Waals surface area (Å²) >= 11 is 6.37. The molecule has 210 valence electrons. The Bertz CT molecular complexity index is 1140. The van der Waals surface area contributed by atoms with E-state index in [-0.39, 0.29) is 17.3 Å². The van der Waals surface area contributed by atoms with Crippen LogP contribution in [0.1, 0.15) is 59.9 Å². The first kappa shape index (κ1) is 32.4. The SMILES string of the molecule is C#CC1C(CC(C)(C)C)NCC1C(=C)/C=C\C=C(\Cl)Nc1ccc(C(=C)C(C)C)cc1.CC1=CC=CC(F)C1. The van der Waals surface area contributed by atoms with Gasteiger partial charge in [0.05, 0.1) is 0 Å². The molecule has 0 bridgehead atoms. The maximum absolute atomic E-state index is 12.3. The summed E-state index contributed by atoms with van der Waals surface area (Å²) in [6.45, 7) is 22.2. The van der Waals surface area contributed by atoms with E-state index in [1.54, 1.807) is 12.2 Å². The van der Waals surface area contributed by atoms with Crippen molar-refractivity contribution in [3.63, 3.8) is 0 Å². The van der Waals surface area contributed by atoms with Gasteiger partial charge in [0.2, 0.25) is 0 Å². The van der Waals surface area contributed by atoms with E-state index < -0.39 is 6.17 Å². The van der Waals surface area contributed by atoms with Gasteiger partial charge in [-0.25, -0.2) is 4.39 Å². The minimum Gasteiger partial charge on any atom is -0.346 e. The molecule has 2 nitrogen and oxygen atoms in total. The highest BCUT2D eigenvalue weighted by Gasteiger charge is 2.37. The van der Waals surface area contributed by atoms with Gasteiger partial charge in [0.15, 0.2) is 0 Å². The summed E-state index contributed by atoms with van der Waals surface area (Å²) < 4.78 is 12.3. The van der Waals surface area contributed by atoms with Crippen LogP contribution in [0.2, 0.25) is 0 Å². The molecule has 1 aliphatic heterocycles. The lowest BCUT2D eigenvalue weighted by molar-refractivity contribution is 0.302. The molecule has 2 N–H and O–H groups in total. The van der Waals surface area contributed by atoms with Crippen molar-refractivity contribution in [1.82, 2.24) is 5.32 Å². The number of benzene rings is 1. The van der Waals surface area contributed by atoms with Crippen LogP contribution in [-0.2, 0) is 0 Å². The van der Waals surface area contributed by atoms with Gasteiger partial charge < -0.3 is 10.6 Å². The van der Waals surface area contributed by atoms with E-state index >= 15 is 0 Å². The number of hydrogen-bond donors (Lipinski definition) is 2. The van der Waals surface area contributed by atoms with E-state index in [2.05, 4.69) is 76.5 Å². The van der Waals surface area contributed by atoms with E-state index in [1.165, 1.54) is 0 Å². The number of anilines is 1. The lowest BCUT2D eigenvalue weighted by Crippen LogP contribution is -2.31. The van der Waals surface area contributed by atoms with Crippen molar-refractivity contribution < 1.29 is 4.39 Å². The first-order valence-corrected chi connectivity index (χ1v) is 14.1. The molecule has 4 atom stereocenters. The second-order valence-corrected chi connectivity index (χ2v) is 12.4. The average Bonchev–Trinajstić information content (AvgIpc) is 3.25. The van der Waals surface area contributed by atoms with Crippen molar-refractivity contribution in [1.29, 1.82) is 0 Å². The number of rotatable bonds is 8. The Morgan fingerprint density at radius 2 is 1.92 bits per heavy atom. The molecule has 4 unspecified atom stereocenters. The summed E-state index contributed by atoms with van der Waals surface area (Å²) in [5.74, 6) is 3.83. The normalized spacial score (nSPS) is 23.2. The van der Waals surface area contributed by atoms with Crippen molar-refractivity contribution in [2.45, 2.75) is 66.6 Å². The summed E-state index contributed by atoms with van der Waals surface area (Å²) in [5.41, 5.74) is 5.61. The molecule has 0 saturated carbocycles. The largest absolute Gasteiger partial charge is 0.346 e. The zero-order valence-electron chi connectivity index (χ0n) is 24.5. The van der Waals surface area contributed by atoms with Crippen molar-refractivity contribution in [2.24, 2.45) is 23.2 Å². The molecule has 1 aromatic carbocycles. The molecule has 1 fully saturated rings. The van der Waals surface area contributed by atoms with Crippen LogP contribution in [0.3, 0.4) is 0 Å². The van der Waals surface area contributed by atoms with Gasteiger partial charge in [-0.1, -0.05) is 107 Å². The molecule has 0 radical (unpaired) electrons. The fourth-order valence-corrected chi connectivity index (χ4v) is 4.89. The zero-order valence-corrected chi connectivity index (χ0v) is 25.3. The second kappa shape index (κ2) is 15.1. The molecule has 0 spiro atoms. The van der Waals surface area contributed by atoms with Crippen LogP contribution in [0.4, 0.5) is 10.1 Å². The van der Waals surface area contributed by atoms with Crippen LogP contribution < -0.4 is 10.6 Å². The standard InChI is InChI=1S/C28H37ClN2.C7H9F/c1-9-24-25(18-30-26(24)17-28(6,7)8)20(4)11-10-12-27(29)31-23-15-13-22(14-16-23)21(5)19(2)3;1-6-3-2-4-7(8)5-6/h1,10-16,19,24-26,30-31H,4-5,17-18H2,2-3,6-8H3;2-4,7H,5H2,1H3/b11-10-,27-12-;. The highest BCUT2D eigenvalue weighted by molar-refractivity contribution is 6.31. The Kier molecular flexibility index (Phi) is 12.6. The minimum absolute atomic E-state index is 0.160. The van der Waals surface area contributed by atoms with Gasteiger partial charge >= 0.3 is 0 Å². The maximum atomic E-state index is 12.3. The number of alkyl halides is 1. The lowest BCUT2D eigenvalue weighted by atomic mass is 9.79. The van der Waals surface area contributed by atoms with Gasteiger partial charge in [0, 0.05) is 36.5 Å². The van der Waals surface area contributed by atoms with Gasteiger partial charge in [-0.2, -0.15) is 0 Å². The molecule has 0 amide bonds. The van der Waals surface area contributed by atoms with E-state index in [0.717, 1.165) is 40.9 Å². The summed E-state index contributed by atoms with van der Waals surface area (Å²) in [6.07, 6.45) is 17.8. The summed E-state index contributed by atoms with van der Waals surface area (Å²) in [7, 11) is 0. The summed E-state index contributed by atoms with van der Waals surface area (Å²) in [4.78, 5) is 0. The fraction of sp³-hybridized carbons (Fsp3) is 0.429. The van der Waals surface area contributed by atoms with Crippen molar-refractivity contribution in [3.8, 4) is 12.3 Å². The molecule has 1 heterocycles. The van der Waals surface area contributed by atoms with Crippen LogP contribution in [0.5, 0.6) is 0 Å². The lowest BCUT2D eigenvalue weighted by Gasteiger charge is -2.26. The number of halogens is 2. The molecule has 2 aliphatic rings. The topological polar surface area (TPSA) is 24.1 Å². The molecule has 1 aromatic rings. The Labute approximate surface area is 241 Å². The zero-order chi connectivity index (χ0) is 29.2. The molecule has 0 aromatic heterocycles. The Morgan fingerprint density at radius 3 is 2.44 bits per heavy atom. The Hall–Kier alpha value is -2.80. The third-order valence-corrected chi connectivity index (χ3v) is 7.18. The smallest absolute Gasteiger partial charge is 0.122 e. The summed E-state index contributed by atoms with van der Waals surface area (Å²) in [5, 5.41) is 7.35. The van der Waals surface area contributed by atoms with E-state index in [4.69, 9.17) is 18.0 Å². The molecular weight excluding hydrogens is 503 g/mol. The van der Waals surface area contributed by atoms with Gasteiger partial charge in [-0.15, -0.1) is 12.3 Å². The predicted molar refractivity (Wildman–Crippen MR) is 170 cm³/mol. The third-order valence-electron chi connectivity index (χ3n) is 6.95. The van der Waals surface area contributed by atoms with E-state index in [9.17, 15) is 4.39 Å². The highest BCUT2D eigenvalue weighted by atomic mass is 35.5. The number of hydrogen-bond acceptors (Lipinski definition) is 2. The van der Waals surface area contributed by atoms with Crippen LogP contribution in [0.25, 0.3) is 5.57 Å². The minimum atomic E-state index is -0.736. The number of terminal acetylenes is 1. The van der Waals surface area contributed by atoms with Crippen LogP contribution >= 0.6 is 11.6 Å². The monoisotopic (exact) mass is 548 g/mol. The van der Waals surface area contributed by atoms with E-state index in [1.807, 2.05) is 43.4 Å². The van der Waals surface area contributed by atoms with Crippen molar-refractivity contribution >= 4 is 22.9 Å². The fourth-order valence-electron chi connectivity index (χ4n) is 4.71. The van der Waals surface area contributed by atoms with Gasteiger partial charge in [-0.3, -0.25) is 0 Å². The number of allylic oxidation sites excluding steroid dienone is 8. The molecule has 39 heavy (non-hydrogen) atoms. The van der Waals surface area contributed by atoms with Crippen molar-refractivity contribution in [2.75, 3.05) is 11.9 Å². The average molecular weight is 549 g/mol. The first-order chi connectivity index (χ1) is 18.3. The van der Waals surface area contributed by atoms with Gasteiger partial charge in [-0.05, 0) is 59.6 Å². The Balaban J connectivity index is 0.000000568. The van der Waals surface area contributed by atoms with Crippen LogP contribution in [-0.4, -0.2) is 18.8 Å².